The van der Waals surface area contributed by atoms with Crippen LogP contribution in [0.15, 0.2) is 59.1 Å². The zero-order chi connectivity index (χ0) is 24.0. The van der Waals surface area contributed by atoms with Crippen LogP contribution in [-0.2, 0) is 27.9 Å². The molecule has 2 heterocycles. The lowest BCUT2D eigenvalue weighted by atomic mass is 9.85. The first-order valence-corrected chi connectivity index (χ1v) is 11.2. The van der Waals surface area contributed by atoms with E-state index in [0.29, 0.717) is 17.9 Å². The predicted octanol–water partition coefficient (Wildman–Crippen LogP) is 5.08. The van der Waals surface area contributed by atoms with E-state index < -0.39 is 5.97 Å². The van der Waals surface area contributed by atoms with Crippen LogP contribution in [0.25, 0.3) is 0 Å². The number of carbonyl (C=O) groups excluding carboxylic acids is 2. The second-order valence-corrected chi connectivity index (χ2v) is 9.12. The van der Waals surface area contributed by atoms with Crippen molar-refractivity contribution in [3.8, 4) is 0 Å². The number of pyridine rings is 1. The number of benzene rings is 1. The summed E-state index contributed by atoms with van der Waals surface area (Å²) in [5, 5.41) is 0. The zero-order valence-corrected chi connectivity index (χ0v) is 20.1. The maximum absolute atomic E-state index is 13.2. The van der Waals surface area contributed by atoms with E-state index in [1.807, 2.05) is 18.2 Å². The van der Waals surface area contributed by atoms with E-state index in [2.05, 4.69) is 50.9 Å². The maximum atomic E-state index is 13.2. The Hall–Kier alpha value is -3.41. The fourth-order valence-electron chi connectivity index (χ4n) is 3.51. The van der Waals surface area contributed by atoms with Crippen molar-refractivity contribution in [1.82, 2.24) is 9.88 Å². The van der Waals surface area contributed by atoms with E-state index in [9.17, 15) is 9.59 Å². The standard InChI is InChI=1S/C27H32N2O4/c1-6-32-25(30)18-29(17-22-9-7-8-14-28-22)26(31)24-13-12-23(33-24)16-20-15-21(27(3,4)5)11-10-19(20)2/h7-15H,6,16-18H2,1-5H3. The third-order valence-electron chi connectivity index (χ3n) is 5.44. The van der Waals surface area contributed by atoms with E-state index in [4.69, 9.17) is 9.15 Å². The Bertz CT molecular complexity index is 1100. The van der Waals surface area contributed by atoms with E-state index >= 15 is 0 Å². The number of hydrogen-bond acceptors (Lipinski definition) is 5. The lowest BCUT2D eigenvalue weighted by Gasteiger charge is -2.21. The second-order valence-electron chi connectivity index (χ2n) is 9.12. The monoisotopic (exact) mass is 448 g/mol. The van der Waals surface area contributed by atoms with E-state index in [1.165, 1.54) is 16.0 Å². The van der Waals surface area contributed by atoms with Crippen molar-refractivity contribution in [2.45, 2.75) is 53.0 Å². The summed E-state index contributed by atoms with van der Waals surface area (Å²) in [6.07, 6.45) is 2.24. The van der Waals surface area contributed by atoms with Crippen LogP contribution in [0, 0.1) is 6.92 Å². The van der Waals surface area contributed by atoms with Crippen molar-refractivity contribution in [2.75, 3.05) is 13.2 Å². The first kappa shape index (κ1) is 24.2. The van der Waals surface area contributed by atoms with Gasteiger partial charge in [-0.15, -0.1) is 0 Å². The summed E-state index contributed by atoms with van der Waals surface area (Å²) in [4.78, 5) is 31.0. The molecule has 0 aliphatic heterocycles. The second kappa shape index (κ2) is 10.5. The highest BCUT2D eigenvalue weighted by Crippen LogP contribution is 2.26. The van der Waals surface area contributed by atoms with Gasteiger partial charge in [-0.05, 0) is 60.2 Å². The molecule has 2 aromatic heterocycles. The molecule has 1 amide bonds. The van der Waals surface area contributed by atoms with Crippen LogP contribution in [0.2, 0.25) is 0 Å². The predicted molar refractivity (Wildman–Crippen MR) is 127 cm³/mol. The number of esters is 1. The molecule has 1 aromatic carbocycles. The third kappa shape index (κ3) is 6.54. The van der Waals surface area contributed by atoms with Gasteiger partial charge in [0.25, 0.3) is 5.91 Å². The van der Waals surface area contributed by atoms with Crippen molar-refractivity contribution in [3.05, 3.63) is 88.6 Å². The number of aromatic nitrogens is 1. The fraction of sp³-hybridized carbons (Fsp3) is 0.370. The van der Waals surface area contributed by atoms with Gasteiger partial charge in [0.05, 0.1) is 18.8 Å². The first-order valence-electron chi connectivity index (χ1n) is 11.2. The Morgan fingerprint density at radius 3 is 2.55 bits per heavy atom. The molecule has 0 saturated heterocycles. The highest BCUT2D eigenvalue weighted by Gasteiger charge is 2.23. The van der Waals surface area contributed by atoms with E-state index in [0.717, 1.165) is 5.56 Å². The van der Waals surface area contributed by atoms with Gasteiger partial charge in [-0.1, -0.05) is 45.0 Å². The molecule has 3 aromatic rings. The molecule has 6 nitrogen and oxygen atoms in total. The molecular weight excluding hydrogens is 416 g/mol. The molecular formula is C27H32N2O4. The summed E-state index contributed by atoms with van der Waals surface area (Å²) in [5.74, 6) is 0.0413. The normalized spacial score (nSPS) is 11.3. The van der Waals surface area contributed by atoms with Crippen molar-refractivity contribution >= 4 is 11.9 Å². The van der Waals surface area contributed by atoms with Gasteiger partial charge in [-0.3, -0.25) is 14.6 Å². The SMILES string of the molecule is CCOC(=O)CN(Cc1ccccn1)C(=O)c1ccc(Cc2cc(C(C)(C)C)ccc2C)o1. The molecule has 0 atom stereocenters. The average molecular weight is 449 g/mol. The number of carbonyl (C=O) groups is 2. The van der Waals surface area contributed by atoms with Crippen molar-refractivity contribution in [1.29, 1.82) is 0 Å². The molecule has 0 N–H and O–H groups in total. The van der Waals surface area contributed by atoms with Crippen LogP contribution >= 0.6 is 0 Å². The number of ether oxygens (including phenoxy) is 1. The summed E-state index contributed by atoms with van der Waals surface area (Å²) < 4.78 is 11.0. The topological polar surface area (TPSA) is 72.6 Å². The highest BCUT2D eigenvalue weighted by atomic mass is 16.5. The number of furan rings is 1. The highest BCUT2D eigenvalue weighted by molar-refractivity contribution is 5.93. The summed E-state index contributed by atoms with van der Waals surface area (Å²) in [6.45, 7) is 10.6. The van der Waals surface area contributed by atoms with Gasteiger partial charge in [0.15, 0.2) is 5.76 Å². The van der Waals surface area contributed by atoms with Gasteiger partial charge in [0.2, 0.25) is 0 Å². The fourth-order valence-corrected chi connectivity index (χ4v) is 3.51. The lowest BCUT2D eigenvalue weighted by Crippen LogP contribution is -2.36. The number of nitrogens with zero attached hydrogens (tertiary/aromatic N) is 2. The maximum Gasteiger partial charge on any atom is 0.325 e. The summed E-state index contributed by atoms with van der Waals surface area (Å²) in [5.41, 5.74) is 4.31. The number of rotatable bonds is 8. The largest absolute Gasteiger partial charge is 0.465 e. The molecule has 0 aliphatic rings. The Labute approximate surface area is 195 Å². The quantitative estimate of drug-likeness (QED) is 0.450. The Morgan fingerprint density at radius 2 is 1.88 bits per heavy atom. The minimum absolute atomic E-state index is 0.0474. The lowest BCUT2D eigenvalue weighted by molar-refractivity contribution is -0.144. The minimum atomic E-state index is -0.469. The van der Waals surface area contributed by atoms with Crippen molar-refractivity contribution in [2.24, 2.45) is 0 Å². The first-order chi connectivity index (χ1) is 15.7. The van der Waals surface area contributed by atoms with Gasteiger partial charge in [0, 0.05) is 12.6 Å². The van der Waals surface area contributed by atoms with Crippen molar-refractivity contribution in [3.63, 3.8) is 0 Å². The van der Waals surface area contributed by atoms with E-state index in [1.54, 1.807) is 25.3 Å². The number of hydrogen-bond donors (Lipinski definition) is 0. The minimum Gasteiger partial charge on any atom is -0.465 e. The third-order valence-corrected chi connectivity index (χ3v) is 5.44. The van der Waals surface area contributed by atoms with Crippen LogP contribution in [0.5, 0.6) is 0 Å². The van der Waals surface area contributed by atoms with Gasteiger partial charge >= 0.3 is 5.97 Å². The molecule has 6 heteroatoms. The molecule has 0 spiro atoms. The van der Waals surface area contributed by atoms with Crippen LogP contribution in [0.1, 0.15) is 66.4 Å². The zero-order valence-electron chi connectivity index (χ0n) is 20.1. The Balaban J connectivity index is 1.80. The Morgan fingerprint density at radius 1 is 1.09 bits per heavy atom. The molecule has 174 valence electrons. The van der Waals surface area contributed by atoms with Gasteiger partial charge in [-0.25, -0.2) is 0 Å². The summed E-state index contributed by atoms with van der Waals surface area (Å²) >= 11 is 0. The molecule has 0 unspecified atom stereocenters. The van der Waals surface area contributed by atoms with Gasteiger partial charge < -0.3 is 14.1 Å². The van der Waals surface area contributed by atoms with Crippen LogP contribution in [0.4, 0.5) is 0 Å². The van der Waals surface area contributed by atoms with E-state index in [-0.39, 0.29) is 36.8 Å². The molecule has 3 rings (SSSR count). The molecule has 0 fully saturated rings. The number of aryl methyl sites for hydroxylation is 1. The van der Waals surface area contributed by atoms with Crippen LogP contribution in [-0.4, -0.2) is 34.9 Å². The van der Waals surface area contributed by atoms with Crippen LogP contribution < -0.4 is 0 Å². The smallest absolute Gasteiger partial charge is 0.325 e. The average Bonchev–Trinajstić information content (AvgIpc) is 3.23. The molecule has 0 bridgehead atoms. The Kier molecular flexibility index (Phi) is 7.69. The molecule has 0 aliphatic carbocycles. The number of amides is 1. The summed E-state index contributed by atoms with van der Waals surface area (Å²) in [7, 11) is 0. The van der Waals surface area contributed by atoms with Gasteiger partial charge in [-0.2, -0.15) is 0 Å². The van der Waals surface area contributed by atoms with Crippen molar-refractivity contribution < 1.29 is 18.7 Å². The van der Waals surface area contributed by atoms with Gasteiger partial charge in [0.1, 0.15) is 12.3 Å². The molecule has 0 radical (unpaired) electrons. The molecule has 33 heavy (non-hydrogen) atoms. The van der Waals surface area contributed by atoms with Crippen LogP contribution in [0.3, 0.4) is 0 Å². The summed E-state index contributed by atoms with van der Waals surface area (Å²) in [6, 6.07) is 15.4. The molecule has 0 saturated carbocycles.